The maximum atomic E-state index is 11.8. The minimum Gasteiger partial charge on any atom is -0.460 e. The summed E-state index contributed by atoms with van der Waals surface area (Å²) >= 11 is 0. The molecular formula is C14H25NO3. The number of piperidine rings is 1. The third-order valence-corrected chi connectivity index (χ3v) is 3.92. The van der Waals surface area contributed by atoms with Gasteiger partial charge in [-0.15, -0.1) is 0 Å². The van der Waals surface area contributed by atoms with Crippen molar-refractivity contribution in [2.45, 2.75) is 64.1 Å². The lowest BCUT2D eigenvalue weighted by Gasteiger charge is -2.28. The summed E-state index contributed by atoms with van der Waals surface area (Å²) in [5.74, 6) is 0.448. The Balaban J connectivity index is 1.67. The molecule has 2 heterocycles. The SMILES string of the molecule is CCOCC(C)OC(=O)CC1CC2CCC(C1)N2. The minimum absolute atomic E-state index is 0.0616. The Bertz CT molecular complexity index is 270. The van der Waals surface area contributed by atoms with Gasteiger partial charge in [-0.05, 0) is 45.4 Å². The zero-order valence-corrected chi connectivity index (χ0v) is 11.5. The van der Waals surface area contributed by atoms with Crippen molar-refractivity contribution in [1.82, 2.24) is 5.32 Å². The highest BCUT2D eigenvalue weighted by molar-refractivity contribution is 5.69. The van der Waals surface area contributed by atoms with Crippen molar-refractivity contribution in [2.75, 3.05) is 13.2 Å². The maximum Gasteiger partial charge on any atom is 0.306 e. The lowest BCUT2D eigenvalue weighted by molar-refractivity contribution is -0.152. The van der Waals surface area contributed by atoms with Gasteiger partial charge in [-0.1, -0.05) is 0 Å². The molecule has 0 aromatic rings. The van der Waals surface area contributed by atoms with Gasteiger partial charge in [0.1, 0.15) is 6.10 Å². The molecule has 3 unspecified atom stereocenters. The van der Waals surface area contributed by atoms with Crippen LogP contribution in [-0.2, 0) is 14.3 Å². The second-order valence-electron chi connectivity index (χ2n) is 5.64. The number of ether oxygens (including phenoxy) is 2. The number of hydrogen-bond acceptors (Lipinski definition) is 4. The molecule has 1 N–H and O–H groups in total. The molecule has 0 spiro atoms. The minimum atomic E-state index is -0.129. The van der Waals surface area contributed by atoms with Crippen LogP contribution in [0.1, 0.15) is 46.0 Å². The topological polar surface area (TPSA) is 47.6 Å². The Hall–Kier alpha value is -0.610. The molecule has 0 saturated carbocycles. The Morgan fingerprint density at radius 1 is 1.33 bits per heavy atom. The molecule has 2 bridgehead atoms. The second kappa shape index (κ2) is 6.53. The van der Waals surface area contributed by atoms with E-state index in [1.165, 1.54) is 12.8 Å². The van der Waals surface area contributed by atoms with E-state index in [4.69, 9.17) is 9.47 Å². The van der Waals surface area contributed by atoms with Gasteiger partial charge in [0.2, 0.25) is 0 Å². The van der Waals surface area contributed by atoms with Crippen LogP contribution >= 0.6 is 0 Å². The highest BCUT2D eigenvalue weighted by Gasteiger charge is 2.34. The zero-order chi connectivity index (χ0) is 13.0. The molecule has 2 aliphatic rings. The van der Waals surface area contributed by atoms with E-state index in [1.807, 2.05) is 13.8 Å². The molecule has 2 rings (SSSR count). The lowest BCUT2D eigenvalue weighted by atomic mass is 9.90. The summed E-state index contributed by atoms with van der Waals surface area (Å²) in [5, 5.41) is 3.59. The van der Waals surface area contributed by atoms with Crippen molar-refractivity contribution >= 4 is 5.97 Å². The van der Waals surface area contributed by atoms with Gasteiger partial charge in [-0.25, -0.2) is 0 Å². The maximum absolute atomic E-state index is 11.8. The van der Waals surface area contributed by atoms with Gasteiger partial charge in [0, 0.05) is 25.1 Å². The molecule has 0 amide bonds. The molecule has 3 atom stereocenters. The number of carbonyl (C=O) groups is 1. The van der Waals surface area contributed by atoms with E-state index in [1.54, 1.807) is 0 Å². The van der Waals surface area contributed by atoms with Crippen molar-refractivity contribution in [3.8, 4) is 0 Å². The van der Waals surface area contributed by atoms with Crippen LogP contribution in [0.4, 0.5) is 0 Å². The number of rotatable bonds is 6. The summed E-state index contributed by atoms with van der Waals surface area (Å²) in [6.07, 6.45) is 5.26. The zero-order valence-electron chi connectivity index (χ0n) is 11.5. The van der Waals surface area contributed by atoms with E-state index < -0.39 is 0 Å². The number of fused-ring (bicyclic) bond motifs is 2. The molecule has 0 radical (unpaired) electrons. The molecule has 18 heavy (non-hydrogen) atoms. The Labute approximate surface area is 109 Å². The number of carbonyl (C=O) groups excluding carboxylic acids is 1. The van der Waals surface area contributed by atoms with E-state index in [0.717, 1.165) is 12.8 Å². The standard InChI is InChI=1S/C14H25NO3/c1-3-17-9-10(2)18-14(16)8-11-6-12-4-5-13(7-11)15-12/h10-13,15H,3-9H2,1-2H3. The van der Waals surface area contributed by atoms with E-state index in [-0.39, 0.29) is 12.1 Å². The van der Waals surface area contributed by atoms with E-state index in [9.17, 15) is 4.79 Å². The van der Waals surface area contributed by atoms with E-state index in [0.29, 0.717) is 37.6 Å². The van der Waals surface area contributed by atoms with Gasteiger partial charge in [0.25, 0.3) is 0 Å². The van der Waals surface area contributed by atoms with Gasteiger partial charge in [-0.2, -0.15) is 0 Å². The highest BCUT2D eigenvalue weighted by Crippen LogP contribution is 2.32. The van der Waals surface area contributed by atoms with Crippen molar-refractivity contribution < 1.29 is 14.3 Å². The molecule has 4 nitrogen and oxygen atoms in total. The summed E-state index contributed by atoms with van der Waals surface area (Å²) in [5.41, 5.74) is 0. The largest absolute Gasteiger partial charge is 0.460 e. The lowest BCUT2D eigenvalue weighted by Crippen LogP contribution is -2.39. The smallest absolute Gasteiger partial charge is 0.306 e. The fraction of sp³-hybridized carbons (Fsp3) is 0.929. The van der Waals surface area contributed by atoms with Crippen LogP contribution in [0.5, 0.6) is 0 Å². The number of nitrogens with one attached hydrogen (secondary N) is 1. The summed E-state index contributed by atoms with van der Waals surface area (Å²) in [7, 11) is 0. The van der Waals surface area contributed by atoms with Crippen LogP contribution < -0.4 is 5.32 Å². The van der Waals surface area contributed by atoms with Gasteiger partial charge < -0.3 is 14.8 Å². The van der Waals surface area contributed by atoms with E-state index >= 15 is 0 Å². The fourth-order valence-corrected chi connectivity index (χ4v) is 3.17. The first-order chi connectivity index (χ1) is 8.67. The van der Waals surface area contributed by atoms with Gasteiger partial charge in [0.15, 0.2) is 0 Å². The summed E-state index contributed by atoms with van der Waals surface area (Å²) in [6, 6.07) is 1.28. The number of hydrogen-bond donors (Lipinski definition) is 1. The first-order valence-corrected chi connectivity index (χ1v) is 7.20. The fourth-order valence-electron chi connectivity index (χ4n) is 3.17. The van der Waals surface area contributed by atoms with Gasteiger partial charge in [-0.3, -0.25) is 4.79 Å². The van der Waals surface area contributed by atoms with Crippen LogP contribution in [0.3, 0.4) is 0 Å². The molecule has 2 saturated heterocycles. The van der Waals surface area contributed by atoms with Gasteiger partial charge >= 0.3 is 5.97 Å². The average Bonchev–Trinajstić information content (AvgIpc) is 2.66. The Morgan fingerprint density at radius 3 is 2.61 bits per heavy atom. The molecule has 4 heteroatoms. The Morgan fingerprint density at radius 2 is 2.00 bits per heavy atom. The quantitative estimate of drug-likeness (QED) is 0.736. The Kier molecular flexibility index (Phi) is 5.01. The first-order valence-electron chi connectivity index (χ1n) is 7.20. The number of esters is 1. The molecule has 0 aliphatic carbocycles. The summed E-state index contributed by atoms with van der Waals surface area (Å²) in [4.78, 5) is 11.8. The monoisotopic (exact) mass is 255 g/mol. The van der Waals surface area contributed by atoms with Crippen LogP contribution in [0.15, 0.2) is 0 Å². The van der Waals surface area contributed by atoms with Gasteiger partial charge in [0.05, 0.1) is 6.61 Å². The second-order valence-corrected chi connectivity index (χ2v) is 5.64. The van der Waals surface area contributed by atoms with Crippen LogP contribution in [0.2, 0.25) is 0 Å². The van der Waals surface area contributed by atoms with Crippen LogP contribution in [0, 0.1) is 5.92 Å². The van der Waals surface area contributed by atoms with Crippen LogP contribution in [-0.4, -0.2) is 37.4 Å². The summed E-state index contributed by atoms with van der Waals surface area (Å²) in [6.45, 7) is 5.00. The summed E-state index contributed by atoms with van der Waals surface area (Å²) < 4.78 is 10.6. The predicted octanol–water partition coefficient (Wildman–Crippen LogP) is 1.88. The first kappa shape index (κ1) is 13.8. The van der Waals surface area contributed by atoms with E-state index in [2.05, 4.69) is 5.32 Å². The molecule has 0 aromatic heterocycles. The van der Waals surface area contributed by atoms with Crippen molar-refractivity contribution in [3.63, 3.8) is 0 Å². The molecule has 0 aromatic carbocycles. The third kappa shape index (κ3) is 3.95. The molecule has 2 aliphatic heterocycles. The molecule has 104 valence electrons. The molecule has 2 fully saturated rings. The normalized spacial score (nSPS) is 32.2. The van der Waals surface area contributed by atoms with Crippen LogP contribution in [0.25, 0.3) is 0 Å². The highest BCUT2D eigenvalue weighted by atomic mass is 16.6. The predicted molar refractivity (Wildman–Crippen MR) is 69.3 cm³/mol. The van der Waals surface area contributed by atoms with Crippen molar-refractivity contribution in [2.24, 2.45) is 5.92 Å². The third-order valence-electron chi connectivity index (χ3n) is 3.92. The van der Waals surface area contributed by atoms with Crippen molar-refractivity contribution in [1.29, 1.82) is 0 Å². The van der Waals surface area contributed by atoms with Crippen molar-refractivity contribution in [3.05, 3.63) is 0 Å². The average molecular weight is 255 g/mol. The molecular weight excluding hydrogens is 230 g/mol.